The lowest BCUT2D eigenvalue weighted by atomic mass is 9.88. The maximum Gasteiger partial charge on any atom is 0.308 e. The summed E-state index contributed by atoms with van der Waals surface area (Å²) in [5.74, 6) is -3.52. The molecule has 1 saturated heterocycles. The summed E-state index contributed by atoms with van der Waals surface area (Å²) in [4.78, 5) is 42.2. The molecule has 0 radical (unpaired) electrons. The largest absolute Gasteiger partial charge is 0.507 e. The Morgan fingerprint density at radius 2 is 1.75 bits per heavy atom. The zero-order valence-corrected chi connectivity index (χ0v) is 15.1. The van der Waals surface area contributed by atoms with E-state index in [-0.39, 0.29) is 36.7 Å². The van der Waals surface area contributed by atoms with Gasteiger partial charge in [0.2, 0.25) is 5.91 Å². The van der Waals surface area contributed by atoms with E-state index in [4.69, 9.17) is 0 Å². The fraction of sp³-hybridized carbons (Fsp3) is 0.300. The predicted octanol–water partition coefficient (Wildman–Crippen LogP) is 1.27. The average Bonchev–Trinajstić information content (AvgIpc) is 2.72. The van der Waals surface area contributed by atoms with Crippen molar-refractivity contribution in [2.75, 3.05) is 13.1 Å². The molecule has 8 heteroatoms. The number of phenolic OH excluding ortho intramolecular Hbond substituents is 1. The van der Waals surface area contributed by atoms with Crippen molar-refractivity contribution >= 4 is 17.8 Å². The van der Waals surface area contributed by atoms with Gasteiger partial charge in [-0.25, -0.2) is 0 Å². The zero-order chi connectivity index (χ0) is 20.1. The van der Waals surface area contributed by atoms with Gasteiger partial charge in [-0.05, 0) is 36.2 Å². The summed E-state index contributed by atoms with van der Waals surface area (Å²) in [5.41, 5.74) is 0.959. The Morgan fingerprint density at radius 1 is 1.07 bits per heavy atom. The number of benzene rings is 1. The number of phenols is 1. The molecule has 2 heterocycles. The number of hydrogen-bond acceptors (Lipinski definition) is 5. The third-order valence-corrected chi connectivity index (χ3v) is 4.81. The molecule has 1 aromatic carbocycles. The van der Waals surface area contributed by atoms with E-state index in [0.717, 1.165) is 5.56 Å². The van der Waals surface area contributed by atoms with Crippen LogP contribution < -0.4 is 5.32 Å². The summed E-state index contributed by atoms with van der Waals surface area (Å²) < 4.78 is 0. The Bertz CT molecular complexity index is 871. The second-order valence-corrected chi connectivity index (χ2v) is 6.77. The van der Waals surface area contributed by atoms with Crippen molar-refractivity contribution in [3.63, 3.8) is 0 Å². The number of aliphatic carboxylic acids is 1. The second-order valence-electron chi connectivity index (χ2n) is 6.77. The Kier molecular flexibility index (Phi) is 5.88. The van der Waals surface area contributed by atoms with Gasteiger partial charge in [0.15, 0.2) is 0 Å². The quantitative estimate of drug-likeness (QED) is 0.715. The molecule has 8 nitrogen and oxygen atoms in total. The maximum atomic E-state index is 12.8. The van der Waals surface area contributed by atoms with Crippen LogP contribution in [-0.4, -0.2) is 51.0 Å². The number of rotatable bonds is 5. The molecule has 0 unspecified atom stereocenters. The number of carbonyl (C=O) groups excluding carboxylic acids is 2. The number of carboxylic acids is 1. The van der Waals surface area contributed by atoms with Crippen molar-refractivity contribution in [2.45, 2.75) is 13.0 Å². The van der Waals surface area contributed by atoms with Crippen LogP contribution in [0.4, 0.5) is 0 Å². The van der Waals surface area contributed by atoms with Crippen LogP contribution in [0.25, 0.3) is 0 Å². The molecule has 0 spiro atoms. The van der Waals surface area contributed by atoms with Crippen LogP contribution in [0.5, 0.6) is 5.75 Å². The van der Waals surface area contributed by atoms with E-state index in [2.05, 4.69) is 10.3 Å². The molecule has 0 bridgehead atoms. The highest BCUT2D eigenvalue weighted by Crippen LogP contribution is 2.26. The molecule has 0 saturated carbocycles. The molecule has 1 aliphatic heterocycles. The van der Waals surface area contributed by atoms with Gasteiger partial charge in [-0.3, -0.25) is 19.4 Å². The van der Waals surface area contributed by atoms with Gasteiger partial charge in [0.1, 0.15) is 5.75 Å². The molecule has 2 atom stereocenters. The van der Waals surface area contributed by atoms with Gasteiger partial charge in [-0.2, -0.15) is 0 Å². The normalized spacial score (nSPS) is 19.1. The standard InChI is InChI=1S/C20H21N3O5/c24-17-4-2-1-3-16(17)19(26)23-11-14(9-15(12-23)20(27)28)18(25)22-10-13-5-7-21-8-6-13/h1-8,14-15,24H,9-12H2,(H,22,25)(H,27,28)/t14-,15-/m0/s1. The highest BCUT2D eigenvalue weighted by Gasteiger charge is 2.37. The molecule has 28 heavy (non-hydrogen) atoms. The molecule has 0 aliphatic carbocycles. The first-order valence-corrected chi connectivity index (χ1v) is 8.92. The number of carbonyl (C=O) groups is 3. The van der Waals surface area contributed by atoms with Gasteiger partial charge in [-0.1, -0.05) is 12.1 Å². The molecule has 146 valence electrons. The lowest BCUT2D eigenvalue weighted by molar-refractivity contribution is -0.144. The maximum absolute atomic E-state index is 12.8. The number of piperidine rings is 1. The molecule has 2 aromatic rings. The Balaban J connectivity index is 1.72. The third kappa shape index (κ3) is 4.46. The first-order valence-electron chi connectivity index (χ1n) is 8.92. The van der Waals surface area contributed by atoms with Crippen molar-refractivity contribution in [3.8, 4) is 5.75 Å². The molecule has 3 rings (SSSR count). The Hall–Kier alpha value is -3.42. The van der Waals surface area contributed by atoms with Gasteiger partial charge < -0.3 is 20.4 Å². The fourth-order valence-electron chi connectivity index (χ4n) is 3.29. The number of pyridine rings is 1. The van der Waals surface area contributed by atoms with E-state index in [0.29, 0.717) is 6.54 Å². The summed E-state index contributed by atoms with van der Waals surface area (Å²) in [6.45, 7) is 0.388. The van der Waals surface area contributed by atoms with Crippen molar-refractivity contribution in [3.05, 3.63) is 59.9 Å². The molecule has 1 aliphatic rings. The SMILES string of the molecule is O=C(O)[C@H]1C[C@H](C(=O)NCc2ccncc2)CN(C(=O)c2ccccc2O)C1. The monoisotopic (exact) mass is 383 g/mol. The third-order valence-electron chi connectivity index (χ3n) is 4.81. The number of carboxylic acid groups (broad SMARTS) is 1. The number of amides is 2. The van der Waals surface area contributed by atoms with Crippen molar-refractivity contribution in [1.29, 1.82) is 0 Å². The van der Waals surface area contributed by atoms with Crippen LogP contribution in [0.1, 0.15) is 22.3 Å². The number of nitrogens with zero attached hydrogens (tertiary/aromatic N) is 2. The number of aromatic nitrogens is 1. The van der Waals surface area contributed by atoms with Crippen LogP contribution in [0.2, 0.25) is 0 Å². The Labute approximate surface area is 161 Å². The summed E-state index contributed by atoms with van der Waals surface area (Å²) in [6.07, 6.45) is 3.40. The molecule has 1 fully saturated rings. The second kappa shape index (κ2) is 8.51. The van der Waals surface area contributed by atoms with Gasteiger partial charge in [0, 0.05) is 32.0 Å². The van der Waals surface area contributed by atoms with E-state index in [1.807, 2.05) is 0 Å². The number of likely N-dealkylation sites (tertiary alicyclic amines) is 1. The summed E-state index contributed by atoms with van der Waals surface area (Å²) in [6, 6.07) is 9.62. The average molecular weight is 383 g/mol. The Morgan fingerprint density at radius 3 is 2.43 bits per heavy atom. The van der Waals surface area contributed by atoms with Crippen molar-refractivity contribution < 1.29 is 24.6 Å². The lowest BCUT2D eigenvalue weighted by Crippen LogP contribution is -2.50. The molecule has 1 aromatic heterocycles. The first-order chi connectivity index (χ1) is 13.5. The van der Waals surface area contributed by atoms with E-state index < -0.39 is 23.7 Å². The smallest absolute Gasteiger partial charge is 0.308 e. The molecule has 3 N–H and O–H groups in total. The highest BCUT2D eigenvalue weighted by molar-refractivity contribution is 5.97. The van der Waals surface area contributed by atoms with Crippen LogP contribution in [0.3, 0.4) is 0 Å². The highest BCUT2D eigenvalue weighted by atomic mass is 16.4. The topological polar surface area (TPSA) is 120 Å². The van der Waals surface area contributed by atoms with Crippen molar-refractivity contribution in [2.24, 2.45) is 11.8 Å². The van der Waals surface area contributed by atoms with Gasteiger partial charge in [0.25, 0.3) is 5.91 Å². The van der Waals surface area contributed by atoms with E-state index in [1.54, 1.807) is 36.7 Å². The summed E-state index contributed by atoms with van der Waals surface area (Å²) in [7, 11) is 0. The van der Waals surface area contributed by atoms with Gasteiger partial charge in [0.05, 0.1) is 17.4 Å². The zero-order valence-electron chi connectivity index (χ0n) is 15.1. The minimum atomic E-state index is -1.05. The summed E-state index contributed by atoms with van der Waals surface area (Å²) >= 11 is 0. The summed E-state index contributed by atoms with van der Waals surface area (Å²) in [5, 5.41) is 22.2. The minimum absolute atomic E-state index is 0.00334. The van der Waals surface area contributed by atoms with Crippen LogP contribution in [0.15, 0.2) is 48.8 Å². The van der Waals surface area contributed by atoms with Gasteiger partial charge in [-0.15, -0.1) is 0 Å². The number of hydrogen-bond donors (Lipinski definition) is 3. The van der Waals surface area contributed by atoms with E-state index in [1.165, 1.54) is 17.0 Å². The van der Waals surface area contributed by atoms with E-state index in [9.17, 15) is 24.6 Å². The number of para-hydroxylation sites is 1. The fourth-order valence-corrected chi connectivity index (χ4v) is 3.29. The lowest BCUT2D eigenvalue weighted by Gasteiger charge is -2.35. The predicted molar refractivity (Wildman–Crippen MR) is 99.3 cm³/mol. The van der Waals surface area contributed by atoms with Crippen LogP contribution in [-0.2, 0) is 16.1 Å². The van der Waals surface area contributed by atoms with E-state index >= 15 is 0 Å². The molecular weight excluding hydrogens is 362 g/mol. The first kappa shape index (κ1) is 19.3. The molecular formula is C20H21N3O5. The van der Waals surface area contributed by atoms with Gasteiger partial charge >= 0.3 is 5.97 Å². The van der Waals surface area contributed by atoms with Crippen LogP contribution >= 0.6 is 0 Å². The van der Waals surface area contributed by atoms with Crippen LogP contribution in [0, 0.1) is 11.8 Å². The number of aromatic hydroxyl groups is 1. The minimum Gasteiger partial charge on any atom is -0.507 e. The molecule has 2 amide bonds. The van der Waals surface area contributed by atoms with Crippen molar-refractivity contribution in [1.82, 2.24) is 15.2 Å². The number of nitrogens with one attached hydrogen (secondary N) is 1.